The van der Waals surface area contributed by atoms with Crippen molar-refractivity contribution in [2.24, 2.45) is 0 Å². The van der Waals surface area contributed by atoms with Crippen LogP contribution in [-0.4, -0.2) is 34.3 Å². The number of nitrogens with zero attached hydrogens (tertiary/aromatic N) is 1. The van der Waals surface area contributed by atoms with Gasteiger partial charge in [0.15, 0.2) is 0 Å². The van der Waals surface area contributed by atoms with E-state index in [1.165, 1.54) is 107 Å². The molecule has 1 aliphatic heterocycles. The van der Waals surface area contributed by atoms with E-state index >= 15 is 0 Å². The molecule has 0 saturated carbocycles. The summed E-state index contributed by atoms with van der Waals surface area (Å²) in [6.45, 7) is 5.29. The molecule has 0 N–H and O–H groups in total. The molecule has 0 aromatic heterocycles. The molecule has 1 atom stereocenters. The summed E-state index contributed by atoms with van der Waals surface area (Å²) in [4.78, 5) is 24.6. The van der Waals surface area contributed by atoms with Gasteiger partial charge in [0, 0.05) is 24.6 Å². The lowest BCUT2D eigenvalue weighted by molar-refractivity contribution is -0.138. The van der Waals surface area contributed by atoms with Gasteiger partial charge >= 0.3 is 0 Å². The van der Waals surface area contributed by atoms with Crippen LogP contribution in [0.1, 0.15) is 136 Å². The van der Waals surface area contributed by atoms with Crippen LogP contribution in [0.15, 0.2) is 0 Å². The molecule has 2 amide bonds. The topological polar surface area (TPSA) is 37.4 Å². The van der Waals surface area contributed by atoms with Crippen LogP contribution in [0, 0.1) is 0 Å². The largest absolute Gasteiger partial charge is 0.283 e. The first kappa shape index (κ1) is 27.5. The molecular weight excluding hydrogens is 390 g/mol. The second kappa shape index (κ2) is 19.2. The maximum Gasteiger partial charge on any atom is 0.229 e. The lowest BCUT2D eigenvalue weighted by atomic mass is 10.1. The third kappa shape index (κ3) is 13.7. The van der Waals surface area contributed by atoms with Gasteiger partial charge in [-0.2, -0.15) is 11.8 Å². The maximum absolute atomic E-state index is 11.6. The van der Waals surface area contributed by atoms with E-state index in [0.29, 0.717) is 19.4 Å². The molecule has 0 radical (unpaired) electrons. The summed E-state index contributed by atoms with van der Waals surface area (Å²) < 4.78 is 0. The number of unbranched alkanes of at least 4 members (excludes halogenated alkanes) is 13. The van der Waals surface area contributed by atoms with Crippen LogP contribution in [0.25, 0.3) is 0 Å². The molecule has 0 bridgehead atoms. The Labute approximate surface area is 191 Å². The van der Waals surface area contributed by atoms with Crippen molar-refractivity contribution in [3.05, 3.63) is 0 Å². The Morgan fingerprint density at radius 1 is 0.700 bits per heavy atom. The minimum absolute atomic E-state index is 0.0330. The minimum atomic E-state index is 0.0330. The zero-order valence-corrected chi connectivity index (χ0v) is 20.9. The Morgan fingerprint density at radius 3 is 1.77 bits per heavy atom. The second-order valence-corrected chi connectivity index (χ2v) is 10.5. The molecule has 176 valence electrons. The van der Waals surface area contributed by atoms with Crippen molar-refractivity contribution in [3.63, 3.8) is 0 Å². The molecule has 0 spiro atoms. The van der Waals surface area contributed by atoms with Gasteiger partial charge in [0.25, 0.3) is 0 Å². The Bertz CT molecular complexity index is 425. The first-order chi connectivity index (χ1) is 14.7. The summed E-state index contributed by atoms with van der Waals surface area (Å²) in [7, 11) is 0. The van der Waals surface area contributed by atoms with Gasteiger partial charge < -0.3 is 0 Å². The van der Waals surface area contributed by atoms with Gasteiger partial charge in [-0.1, -0.05) is 97.3 Å². The molecule has 0 aliphatic carbocycles. The molecule has 0 aromatic rings. The quantitative estimate of drug-likeness (QED) is 0.135. The Morgan fingerprint density at radius 2 is 1.20 bits per heavy atom. The summed E-state index contributed by atoms with van der Waals surface area (Å²) in [5, 5.41) is 0.884. The standard InChI is InChI=1S/C26H49NO2S/c1-3-5-6-7-10-13-16-19-24(4-2)30-23-18-15-12-9-8-11-14-17-22-27-25(28)20-21-26(27)29/h24H,3-23H2,1-2H3. The van der Waals surface area contributed by atoms with Crippen molar-refractivity contribution in [2.45, 2.75) is 141 Å². The highest BCUT2D eigenvalue weighted by molar-refractivity contribution is 7.99. The molecule has 1 heterocycles. The van der Waals surface area contributed by atoms with E-state index in [2.05, 4.69) is 25.6 Å². The summed E-state index contributed by atoms with van der Waals surface area (Å²) >= 11 is 2.22. The summed E-state index contributed by atoms with van der Waals surface area (Å²) in [5.74, 6) is 1.41. The zero-order chi connectivity index (χ0) is 21.9. The van der Waals surface area contributed by atoms with Gasteiger partial charge in [-0.15, -0.1) is 0 Å². The number of amides is 2. The first-order valence-corrected chi connectivity index (χ1v) is 14.2. The van der Waals surface area contributed by atoms with Gasteiger partial charge in [0.05, 0.1) is 0 Å². The number of likely N-dealkylation sites (tertiary alicyclic amines) is 1. The summed E-state index contributed by atoms with van der Waals surface area (Å²) in [6.07, 6.45) is 23.6. The van der Waals surface area contributed by atoms with Crippen molar-refractivity contribution >= 4 is 23.6 Å². The van der Waals surface area contributed by atoms with E-state index in [4.69, 9.17) is 0 Å². The van der Waals surface area contributed by atoms with Crippen molar-refractivity contribution in [1.82, 2.24) is 4.90 Å². The molecule has 1 saturated heterocycles. The molecule has 0 aromatic carbocycles. The van der Waals surface area contributed by atoms with Crippen LogP contribution in [0.5, 0.6) is 0 Å². The molecule has 4 heteroatoms. The Hall–Kier alpha value is -0.510. The van der Waals surface area contributed by atoms with Gasteiger partial charge in [0.2, 0.25) is 11.8 Å². The van der Waals surface area contributed by atoms with Crippen LogP contribution in [0.4, 0.5) is 0 Å². The highest BCUT2D eigenvalue weighted by atomic mass is 32.2. The van der Waals surface area contributed by atoms with Crippen molar-refractivity contribution in [1.29, 1.82) is 0 Å². The van der Waals surface area contributed by atoms with E-state index in [0.717, 1.165) is 18.1 Å². The third-order valence-electron chi connectivity index (χ3n) is 6.37. The maximum atomic E-state index is 11.6. The minimum Gasteiger partial charge on any atom is -0.283 e. The number of hydrogen-bond acceptors (Lipinski definition) is 3. The first-order valence-electron chi connectivity index (χ1n) is 13.1. The predicted molar refractivity (Wildman–Crippen MR) is 132 cm³/mol. The smallest absolute Gasteiger partial charge is 0.229 e. The lowest BCUT2D eigenvalue weighted by Crippen LogP contribution is -2.29. The second-order valence-electron chi connectivity index (χ2n) is 9.08. The lowest BCUT2D eigenvalue weighted by Gasteiger charge is -2.14. The molecule has 3 nitrogen and oxygen atoms in total. The number of imide groups is 1. The summed E-state index contributed by atoms with van der Waals surface area (Å²) in [6, 6.07) is 0. The number of carbonyl (C=O) groups excluding carboxylic acids is 2. The molecule has 1 fully saturated rings. The zero-order valence-electron chi connectivity index (χ0n) is 20.1. The fraction of sp³-hybridized carbons (Fsp3) is 0.923. The fourth-order valence-electron chi connectivity index (χ4n) is 4.29. The fourth-order valence-corrected chi connectivity index (χ4v) is 5.56. The monoisotopic (exact) mass is 439 g/mol. The van der Waals surface area contributed by atoms with Gasteiger partial charge in [0.1, 0.15) is 0 Å². The number of rotatable bonds is 21. The average molecular weight is 440 g/mol. The van der Waals surface area contributed by atoms with Gasteiger partial charge in [-0.3, -0.25) is 14.5 Å². The van der Waals surface area contributed by atoms with E-state index < -0.39 is 0 Å². The molecule has 1 unspecified atom stereocenters. The van der Waals surface area contributed by atoms with Crippen LogP contribution >= 0.6 is 11.8 Å². The van der Waals surface area contributed by atoms with Gasteiger partial charge in [-0.05, 0) is 31.4 Å². The summed E-state index contributed by atoms with van der Waals surface area (Å²) in [5.41, 5.74) is 0. The SMILES string of the molecule is CCCCCCCCCC(CC)SCCCCCCCCCCN1C(=O)CCC1=O. The van der Waals surface area contributed by atoms with E-state index in [1.807, 2.05) is 0 Å². The highest BCUT2D eigenvalue weighted by Gasteiger charge is 2.27. The van der Waals surface area contributed by atoms with Crippen molar-refractivity contribution in [2.75, 3.05) is 12.3 Å². The Kier molecular flexibility index (Phi) is 17.6. The molecule has 1 aliphatic rings. The molecular formula is C26H49NO2S. The van der Waals surface area contributed by atoms with E-state index in [-0.39, 0.29) is 11.8 Å². The number of carbonyl (C=O) groups is 2. The van der Waals surface area contributed by atoms with Gasteiger partial charge in [-0.25, -0.2) is 0 Å². The average Bonchev–Trinajstić information content (AvgIpc) is 3.07. The van der Waals surface area contributed by atoms with E-state index in [9.17, 15) is 9.59 Å². The third-order valence-corrected chi connectivity index (χ3v) is 7.93. The Balaban J connectivity index is 1.83. The predicted octanol–water partition coefficient (Wildman–Crippen LogP) is 7.91. The number of hydrogen-bond donors (Lipinski definition) is 0. The highest BCUT2D eigenvalue weighted by Crippen LogP contribution is 2.23. The number of thioether (sulfide) groups is 1. The van der Waals surface area contributed by atoms with Crippen LogP contribution in [0.3, 0.4) is 0 Å². The van der Waals surface area contributed by atoms with Crippen molar-refractivity contribution < 1.29 is 9.59 Å². The van der Waals surface area contributed by atoms with Crippen LogP contribution in [-0.2, 0) is 9.59 Å². The van der Waals surface area contributed by atoms with Crippen LogP contribution < -0.4 is 0 Å². The van der Waals surface area contributed by atoms with Crippen LogP contribution in [0.2, 0.25) is 0 Å². The molecule has 30 heavy (non-hydrogen) atoms. The van der Waals surface area contributed by atoms with Crippen molar-refractivity contribution in [3.8, 4) is 0 Å². The van der Waals surface area contributed by atoms with E-state index in [1.54, 1.807) is 0 Å². The molecule has 1 rings (SSSR count). The normalized spacial score (nSPS) is 15.3.